The molecule has 0 saturated carbocycles. The summed E-state index contributed by atoms with van der Waals surface area (Å²) >= 11 is 0. The number of rotatable bonds is 4. The van der Waals surface area contributed by atoms with Gasteiger partial charge in [0.05, 0.1) is 47.5 Å². The molecule has 0 radical (unpaired) electrons. The molecule has 4 rings (SSSR count). The summed E-state index contributed by atoms with van der Waals surface area (Å²) in [7, 11) is 1.72. The first-order valence-corrected chi connectivity index (χ1v) is 9.24. The van der Waals surface area contributed by atoms with Crippen LogP contribution in [-0.2, 0) is 19.8 Å². The van der Waals surface area contributed by atoms with Gasteiger partial charge in [-0.3, -0.25) is 19.0 Å². The molecule has 1 atom stereocenters. The van der Waals surface area contributed by atoms with Crippen LogP contribution in [0.2, 0.25) is 0 Å². The molecule has 4 aromatic heterocycles. The predicted molar refractivity (Wildman–Crippen MR) is 106 cm³/mol. The highest BCUT2D eigenvalue weighted by Crippen LogP contribution is 2.31. The summed E-state index contributed by atoms with van der Waals surface area (Å²) in [5.41, 5.74) is 0.344. The van der Waals surface area contributed by atoms with E-state index in [-0.39, 0.29) is 23.3 Å². The summed E-state index contributed by atoms with van der Waals surface area (Å²) < 4.78 is 41.5. The predicted octanol–water partition coefficient (Wildman–Crippen LogP) is 2.65. The monoisotopic (exact) mass is 430 g/mol. The molecule has 1 N–H and O–H groups in total. The zero-order valence-electron chi connectivity index (χ0n) is 16.5. The van der Waals surface area contributed by atoms with Crippen LogP contribution in [0.1, 0.15) is 12.5 Å². The van der Waals surface area contributed by atoms with Gasteiger partial charge in [0.25, 0.3) is 5.56 Å². The van der Waals surface area contributed by atoms with Crippen molar-refractivity contribution in [2.75, 3.05) is 0 Å². The number of hydrogen-bond acceptors (Lipinski definition) is 6. The van der Waals surface area contributed by atoms with Gasteiger partial charge in [-0.25, -0.2) is 9.97 Å². The van der Waals surface area contributed by atoms with Crippen molar-refractivity contribution in [2.45, 2.75) is 25.7 Å². The number of alkyl halides is 3. The van der Waals surface area contributed by atoms with Gasteiger partial charge in [0, 0.05) is 25.0 Å². The maximum atomic E-state index is 13.0. The van der Waals surface area contributed by atoms with Gasteiger partial charge in [0.15, 0.2) is 0 Å². The summed E-state index contributed by atoms with van der Waals surface area (Å²) in [6.45, 7) is 1.59. The van der Waals surface area contributed by atoms with E-state index in [9.17, 15) is 23.1 Å². The highest BCUT2D eigenvalue weighted by atomic mass is 19.4. The van der Waals surface area contributed by atoms with E-state index in [1.54, 1.807) is 31.0 Å². The highest BCUT2D eigenvalue weighted by Gasteiger charge is 2.30. The number of aliphatic hydroxyl groups excluding tert-OH is 1. The first-order valence-electron chi connectivity index (χ1n) is 9.24. The molecule has 0 unspecified atom stereocenters. The van der Waals surface area contributed by atoms with Gasteiger partial charge in [0.1, 0.15) is 11.2 Å². The minimum absolute atomic E-state index is 0.0419. The van der Waals surface area contributed by atoms with Crippen LogP contribution in [0.4, 0.5) is 13.2 Å². The molecular formula is C20H17F3N6O2. The number of halogens is 3. The van der Waals surface area contributed by atoms with Crippen molar-refractivity contribution in [2.24, 2.45) is 7.05 Å². The van der Waals surface area contributed by atoms with Crippen LogP contribution in [-0.4, -0.2) is 40.5 Å². The second-order valence-corrected chi connectivity index (χ2v) is 7.14. The molecule has 0 aliphatic heterocycles. The molecule has 0 fully saturated rings. The quantitative estimate of drug-likeness (QED) is 0.535. The van der Waals surface area contributed by atoms with Crippen molar-refractivity contribution < 1.29 is 18.3 Å². The van der Waals surface area contributed by atoms with E-state index in [4.69, 9.17) is 0 Å². The molecule has 11 heteroatoms. The van der Waals surface area contributed by atoms with Gasteiger partial charge in [-0.1, -0.05) is 0 Å². The number of aryl methyl sites for hydroxylation is 1. The van der Waals surface area contributed by atoms with Crippen molar-refractivity contribution in [1.29, 1.82) is 0 Å². The van der Waals surface area contributed by atoms with Gasteiger partial charge < -0.3 is 5.11 Å². The van der Waals surface area contributed by atoms with Crippen molar-refractivity contribution in [3.63, 3.8) is 0 Å². The van der Waals surface area contributed by atoms with Crippen molar-refractivity contribution in [1.82, 2.24) is 29.3 Å². The van der Waals surface area contributed by atoms with Crippen LogP contribution in [0.15, 0.2) is 47.9 Å². The van der Waals surface area contributed by atoms with Crippen LogP contribution in [0.3, 0.4) is 0 Å². The molecule has 0 aliphatic carbocycles. The Morgan fingerprint density at radius 3 is 2.52 bits per heavy atom. The van der Waals surface area contributed by atoms with E-state index in [1.807, 2.05) is 0 Å². The van der Waals surface area contributed by atoms with E-state index in [0.29, 0.717) is 16.8 Å². The Morgan fingerprint density at radius 2 is 1.94 bits per heavy atom. The van der Waals surface area contributed by atoms with Gasteiger partial charge >= 0.3 is 6.18 Å². The minimum atomic E-state index is -4.51. The molecule has 0 bridgehead atoms. The third-order valence-corrected chi connectivity index (χ3v) is 4.60. The fraction of sp³-hybridized carbons (Fsp3) is 0.250. The normalized spacial score (nSPS) is 13.0. The third-order valence-electron chi connectivity index (χ3n) is 4.60. The Bertz CT molecular complexity index is 1310. The van der Waals surface area contributed by atoms with Crippen LogP contribution in [0.25, 0.3) is 33.5 Å². The number of aromatic nitrogens is 6. The SMILES string of the molecule is C[C@H](O)Cn1cnc2c(-c3cnn(C)c3)nc(-c3ccc(C(F)(F)F)cn3)cc2c1=O. The Morgan fingerprint density at radius 1 is 1.16 bits per heavy atom. The molecule has 4 heterocycles. The molecule has 0 aromatic carbocycles. The van der Waals surface area contributed by atoms with Gasteiger partial charge in [-0.15, -0.1) is 0 Å². The smallest absolute Gasteiger partial charge is 0.392 e. The Labute approximate surface area is 173 Å². The maximum absolute atomic E-state index is 13.0. The van der Waals surface area contributed by atoms with Crippen molar-refractivity contribution >= 4 is 10.9 Å². The summed E-state index contributed by atoms with van der Waals surface area (Å²) in [5, 5.41) is 14.0. The van der Waals surface area contributed by atoms with E-state index in [2.05, 4.69) is 20.1 Å². The molecule has 0 aliphatic rings. The first kappa shape index (κ1) is 20.7. The van der Waals surface area contributed by atoms with Gasteiger partial charge in [-0.2, -0.15) is 18.3 Å². The zero-order valence-corrected chi connectivity index (χ0v) is 16.5. The maximum Gasteiger partial charge on any atom is 0.417 e. The lowest BCUT2D eigenvalue weighted by molar-refractivity contribution is -0.137. The number of pyridine rings is 2. The van der Waals surface area contributed by atoms with E-state index in [0.717, 1.165) is 12.3 Å². The molecule has 4 aromatic rings. The molecule has 0 amide bonds. The lowest BCUT2D eigenvalue weighted by atomic mass is 10.1. The lowest BCUT2D eigenvalue weighted by Gasteiger charge is -2.12. The Kier molecular flexibility index (Phi) is 5.05. The van der Waals surface area contributed by atoms with E-state index in [1.165, 1.54) is 23.0 Å². The second kappa shape index (κ2) is 7.58. The van der Waals surface area contributed by atoms with E-state index >= 15 is 0 Å². The van der Waals surface area contributed by atoms with Crippen LogP contribution in [0, 0.1) is 0 Å². The van der Waals surface area contributed by atoms with Crippen LogP contribution < -0.4 is 5.56 Å². The van der Waals surface area contributed by atoms with Crippen LogP contribution >= 0.6 is 0 Å². The summed E-state index contributed by atoms with van der Waals surface area (Å²) in [4.78, 5) is 25.8. The molecule has 8 nitrogen and oxygen atoms in total. The lowest BCUT2D eigenvalue weighted by Crippen LogP contribution is -2.25. The molecule has 31 heavy (non-hydrogen) atoms. The van der Waals surface area contributed by atoms with E-state index < -0.39 is 23.4 Å². The minimum Gasteiger partial charge on any atom is -0.392 e. The molecule has 160 valence electrons. The Balaban J connectivity index is 1.95. The van der Waals surface area contributed by atoms with Crippen molar-refractivity contribution in [3.05, 3.63) is 59.0 Å². The zero-order chi connectivity index (χ0) is 22.3. The molecule has 0 saturated heterocycles. The fourth-order valence-electron chi connectivity index (χ4n) is 3.17. The largest absolute Gasteiger partial charge is 0.417 e. The fourth-order valence-corrected chi connectivity index (χ4v) is 3.17. The second-order valence-electron chi connectivity index (χ2n) is 7.14. The number of hydrogen-bond donors (Lipinski definition) is 1. The summed E-state index contributed by atoms with van der Waals surface area (Å²) in [5.74, 6) is 0. The topological polar surface area (TPSA) is 98.7 Å². The molecule has 0 spiro atoms. The standard InChI is InChI=1S/C20H17F3N6O2/c1-11(30)8-29-10-25-18-14(19(29)31)5-16(27-17(18)12-6-26-28(2)9-12)15-4-3-13(7-24-15)20(21,22)23/h3-7,9-11,30H,8H2,1-2H3/t11-/m0/s1. The summed E-state index contributed by atoms with van der Waals surface area (Å²) in [6.07, 6.45) is 0.00730. The van der Waals surface area contributed by atoms with Gasteiger partial charge in [-0.05, 0) is 25.1 Å². The summed E-state index contributed by atoms with van der Waals surface area (Å²) in [6, 6.07) is 3.56. The molecular weight excluding hydrogens is 413 g/mol. The average Bonchev–Trinajstić information content (AvgIpc) is 3.15. The number of nitrogens with zero attached hydrogens (tertiary/aromatic N) is 6. The Hall–Kier alpha value is -3.60. The third kappa shape index (κ3) is 4.04. The number of fused-ring (bicyclic) bond motifs is 1. The van der Waals surface area contributed by atoms with Crippen LogP contribution in [0.5, 0.6) is 0 Å². The highest BCUT2D eigenvalue weighted by molar-refractivity contribution is 5.93. The average molecular weight is 430 g/mol. The number of aliphatic hydroxyl groups is 1. The first-order chi connectivity index (χ1) is 14.6. The van der Waals surface area contributed by atoms with Gasteiger partial charge in [0.2, 0.25) is 0 Å². The van der Waals surface area contributed by atoms with Crippen molar-refractivity contribution in [3.8, 4) is 22.6 Å².